The molecule has 1 aromatic heterocycles. The van der Waals surface area contributed by atoms with Gasteiger partial charge in [0.25, 0.3) is 0 Å². The van der Waals surface area contributed by atoms with E-state index in [-0.39, 0.29) is 5.82 Å². The lowest BCUT2D eigenvalue weighted by Crippen LogP contribution is -2.38. The fourth-order valence-electron chi connectivity index (χ4n) is 3.49. The number of fused-ring (bicyclic) bond motifs is 1. The Morgan fingerprint density at radius 2 is 2.24 bits per heavy atom. The summed E-state index contributed by atoms with van der Waals surface area (Å²) in [5.74, 6) is 1.68. The van der Waals surface area contributed by atoms with Crippen molar-refractivity contribution in [3.8, 4) is 0 Å². The van der Waals surface area contributed by atoms with Crippen LogP contribution in [0.15, 0.2) is 18.2 Å². The van der Waals surface area contributed by atoms with Crippen molar-refractivity contribution in [2.24, 2.45) is 5.92 Å². The molecule has 1 aliphatic heterocycles. The summed E-state index contributed by atoms with van der Waals surface area (Å²) < 4.78 is 16.3. The number of piperidine rings is 1. The molecule has 0 aliphatic carbocycles. The van der Waals surface area contributed by atoms with Gasteiger partial charge in [-0.15, -0.1) is 11.6 Å². The van der Waals surface area contributed by atoms with Gasteiger partial charge in [-0.25, -0.2) is 9.37 Å². The third kappa shape index (κ3) is 2.67. The van der Waals surface area contributed by atoms with Crippen molar-refractivity contribution < 1.29 is 4.39 Å². The Hall–Kier alpha value is -1.13. The second-order valence-corrected chi connectivity index (χ2v) is 6.42. The molecule has 2 atom stereocenters. The van der Waals surface area contributed by atoms with Gasteiger partial charge in [0.1, 0.15) is 11.3 Å². The number of halogens is 2. The van der Waals surface area contributed by atoms with Gasteiger partial charge in [-0.1, -0.05) is 13.0 Å². The van der Waals surface area contributed by atoms with Gasteiger partial charge in [-0.05, 0) is 38.1 Å². The summed E-state index contributed by atoms with van der Waals surface area (Å²) in [5.41, 5.74) is 1.38. The molecule has 2 aromatic rings. The maximum atomic E-state index is 14.0. The van der Waals surface area contributed by atoms with E-state index < -0.39 is 0 Å². The van der Waals surface area contributed by atoms with Crippen molar-refractivity contribution in [1.29, 1.82) is 0 Å². The van der Waals surface area contributed by atoms with Gasteiger partial charge < -0.3 is 9.47 Å². The van der Waals surface area contributed by atoms with Crippen LogP contribution in [0.2, 0.25) is 0 Å². The Balaban J connectivity index is 2.11. The first-order valence-corrected chi connectivity index (χ1v) is 8.05. The summed E-state index contributed by atoms with van der Waals surface area (Å²) in [7, 11) is 2.15. The highest BCUT2D eigenvalue weighted by Gasteiger charge is 2.29. The van der Waals surface area contributed by atoms with Crippen molar-refractivity contribution in [2.75, 3.05) is 26.0 Å². The molecular formula is C16H21ClFN3. The first-order chi connectivity index (χ1) is 10.1. The minimum atomic E-state index is -0.248. The van der Waals surface area contributed by atoms with Crippen LogP contribution in [0.1, 0.15) is 25.2 Å². The highest BCUT2D eigenvalue weighted by Crippen LogP contribution is 2.33. The van der Waals surface area contributed by atoms with E-state index in [0.29, 0.717) is 29.8 Å². The maximum absolute atomic E-state index is 14.0. The van der Waals surface area contributed by atoms with Crippen molar-refractivity contribution in [3.63, 3.8) is 0 Å². The van der Waals surface area contributed by atoms with E-state index in [1.165, 1.54) is 6.07 Å². The van der Waals surface area contributed by atoms with Gasteiger partial charge in [0.05, 0.1) is 5.52 Å². The Morgan fingerprint density at radius 1 is 1.43 bits per heavy atom. The third-order valence-corrected chi connectivity index (χ3v) is 4.65. The van der Waals surface area contributed by atoms with Crippen LogP contribution in [0.3, 0.4) is 0 Å². The third-order valence-electron chi connectivity index (χ3n) is 4.46. The molecular weight excluding hydrogens is 289 g/mol. The number of aryl methyl sites for hydroxylation is 1. The highest BCUT2D eigenvalue weighted by atomic mass is 35.5. The number of hydrogen-bond donors (Lipinski definition) is 0. The van der Waals surface area contributed by atoms with Gasteiger partial charge in [-0.3, -0.25) is 0 Å². The number of rotatable bonds is 3. The first kappa shape index (κ1) is 14.8. The number of nitrogens with zero attached hydrogens (tertiary/aromatic N) is 3. The van der Waals surface area contributed by atoms with Crippen LogP contribution < -0.4 is 0 Å². The predicted molar refractivity (Wildman–Crippen MR) is 84.4 cm³/mol. The van der Waals surface area contributed by atoms with Crippen LogP contribution in [0, 0.1) is 11.7 Å². The largest absolute Gasteiger partial charge is 0.324 e. The summed E-state index contributed by atoms with van der Waals surface area (Å²) >= 11 is 5.92. The lowest BCUT2D eigenvalue weighted by molar-refractivity contribution is 0.159. The van der Waals surface area contributed by atoms with Crippen molar-refractivity contribution >= 4 is 22.6 Å². The van der Waals surface area contributed by atoms with Crippen molar-refractivity contribution in [1.82, 2.24) is 14.5 Å². The number of para-hydroxylation sites is 1. The van der Waals surface area contributed by atoms with E-state index in [2.05, 4.69) is 28.4 Å². The summed E-state index contributed by atoms with van der Waals surface area (Å²) in [5, 5.41) is 0. The van der Waals surface area contributed by atoms with E-state index in [0.717, 1.165) is 30.9 Å². The van der Waals surface area contributed by atoms with Crippen molar-refractivity contribution in [2.45, 2.75) is 25.8 Å². The molecule has 1 aromatic carbocycles. The molecule has 0 amide bonds. The minimum absolute atomic E-state index is 0.248. The molecule has 114 valence electrons. The summed E-state index contributed by atoms with van der Waals surface area (Å²) in [6.45, 7) is 4.38. The molecule has 1 aliphatic rings. The zero-order valence-corrected chi connectivity index (χ0v) is 13.3. The number of likely N-dealkylation sites (tertiary alicyclic amines) is 1. The van der Waals surface area contributed by atoms with Crippen LogP contribution >= 0.6 is 11.6 Å². The van der Waals surface area contributed by atoms with Crippen molar-refractivity contribution in [3.05, 3.63) is 29.8 Å². The molecule has 3 rings (SSSR count). The fourth-order valence-corrected chi connectivity index (χ4v) is 3.66. The minimum Gasteiger partial charge on any atom is -0.324 e. The smallest absolute Gasteiger partial charge is 0.151 e. The second-order valence-electron chi connectivity index (χ2n) is 6.04. The first-order valence-electron chi connectivity index (χ1n) is 7.51. The number of imidazole rings is 1. The van der Waals surface area contributed by atoms with Crippen LogP contribution in [-0.4, -0.2) is 40.5 Å². The standard InChI is InChI=1S/C16H21ClFN3/c1-11-10-20(2)9-7-13(11)21-14-5-3-4-12(18)16(14)19-15(21)6-8-17/h3-5,11,13H,6-10H2,1-2H3. The lowest BCUT2D eigenvalue weighted by atomic mass is 9.93. The normalized spacial score (nSPS) is 23.8. The number of alkyl halides is 1. The molecule has 1 fully saturated rings. The lowest BCUT2D eigenvalue weighted by Gasteiger charge is -2.36. The molecule has 0 saturated carbocycles. The number of aromatic nitrogens is 2. The SMILES string of the molecule is CC1CN(C)CCC1n1c(CCCl)nc2c(F)cccc21. The Labute approximate surface area is 129 Å². The zero-order valence-electron chi connectivity index (χ0n) is 12.5. The Bertz CT molecular complexity index is 640. The molecule has 3 nitrogen and oxygen atoms in total. The topological polar surface area (TPSA) is 21.1 Å². The van der Waals surface area contributed by atoms with Gasteiger partial charge in [0.2, 0.25) is 0 Å². The number of hydrogen-bond acceptors (Lipinski definition) is 2. The predicted octanol–water partition coefficient (Wildman–Crippen LogP) is 3.47. The molecule has 21 heavy (non-hydrogen) atoms. The number of benzene rings is 1. The Kier molecular flexibility index (Phi) is 4.18. The van der Waals surface area contributed by atoms with Crippen LogP contribution in [-0.2, 0) is 6.42 Å². The molecule has 0 radical (unpaired) electrons. The maximum Gasteiger partial charge on any atom is 0.151 e. The molecule has 1 saturated heterocycles. The molecule has 2 unspecified atom stereocenters. The van der Waals surface area contributed by atoms with Gasteiger partial charge >= 0.3 is 0 Å². The van der Waals surface area contributed by atoms with E-state index in [4.69, 9.17) is 11.6 Å². The average molecular weight is 310 g/mol. The van der Waals surface area contributed by atoms with E-state index >= 15 is 0 Å². The molecule has 0 bridgehead atoms. The van der Waals surface area contributed by atoms with E-state index in [1.807, 2.05) is 6.07 Å². The van der Waals surface area contributed by atoms with E-state index in [9.17, 15) is 4.39 Å². The van der Waals surface area contributed by atoms with E-state index in [1.54, 1.807) is 6.07 Å². The quantitative estimate of drug-likeness (QED) is 0.810. The Morgan fingerprint density at radius 3 is 2.95 bits per heavy atom. The average Bonchev–Trinajstić information content (AvgIpc) is 2.79. The van der Waals surface area contributed by atoms with Crippen LogP contribution in [0.5, 0.6) is 0 Å². The molecule has 2 heterocycles. The van der Waals surface area contributed by atoms with Gasteiger partial charge in [-0.2, -0.15) is 0 Å². The van der Waals surface area contributed by atoms with Gasteiger partial charge in [0, 0.05) is 24.9 Å². The monoisotopic (exact) mass is 309 g/mol. The molecule has 0 spiro atoms. The summed E-state index contributed by atoms with van der Waals surface area (Å²) in [6.07, 6.45) is 1.74. The second kappa shape index (κ2) is 5.93. The molecule has 0 N–H and O–H groups in total. The highest BCUT2D eigenvalue weighted by molar-refractivity contribution is 6.17. The zero-order chi connectivity index (χ0) is 15.0. The van der Waals surface area contributed by atoms with Crippen LogP contribution in [0.25, 0.3) is 11.0 Å². The fraction of sp³-hybridized carbons (Fsp3) is 0.562. The summed E-state index contributed by atoms with van der Waals surface area (Å²) in [6, 6.07) is 5.57. The molecule has 5 heteroatoms. The van der Waals surface area contributed by atoms with Crippen LogP contribution in [0.4, 0.5) is 4.39 Å². The summed E-state index contributed by atoms with van der Waals surface area (Å²) in [4.78, 5) is 6.87. The van der Waals surface area contributed by atoms with Gasteiger partial charge in [0.15, 0.2) is 5.82 Å².